The van der Waals surface area contributed by atoms with Crippen molar-refractivity contribution in [1.29, 1.82) is 0 Å². The molecule has 0 unspecified atom stereocenters. The number of carbonyl (C=O) groups is 1. The van der Waals surface area contributed by atoms with E-state index < -0.39 is 5.97 Å². The van der Waals surface area contributed by atoms with E-state index in [9.17, 15) is 9.90 Å². The number of hydrogen-bond donors (Lipinski definition) is 1. The average molecular weight is 262 g/mol. The molecule has 0 radical (unpaired) electrons. The molecule has 1 N–H and O–H groups in total. The molecule has 20 heavy (non-hydrogen) atoms. The summed E-state index contributed by atoms with van der Waals surface area (Å²) in [6, 6.07) is 19.6. The van der Waals surface area contributed by atoms with Crippen LogP contribution in [0.5, 0.6) is 0 Å². The Bertz CT molecular complexity index is 789. The summed E-state index contributed by atoms with van der Waals surface area (Å²) in [5, 5.41) is 11.4. The summed E-state index contributed by atoms with van der Waals surface area (Å²) in [6.45, 7) is 1.87. The fraction of sp³-hybridized carbons (Fsp3) is 0.0556. The molecule has 0 fully saturated rings. The lowest BCUT2D eigenvalue weighted by atomic mass is 9.90. The van der Waals surface area contributed by atoms with E-state index in [1.165, 1.54) is 0 Å². The van der Waals surface area contributed by atoms with Crippen molar-refractivity contribution in [1.82, 2.24) is 0 Å². The molecule has 0 aromatic heterocycles. The maximum atomic E-state index is 11.4. The number of aromatic carboxylic acids is 1. The fourth-order valence-corrected chi connectivity index (χ4v) is 2.65. The Morgan fingerprint density at radius 2 is 1.60 bits per heavy atom. The minimum absolute atomic E-state index is 0.363. The van der Waals surface area contributed by atoms with Crippen LogP contribution in [0.2, 0.25) is 0 Å². The van der Waals surface area contributed by atoms with Crippen LogP contribution in [0.1, 0.15) is 15.9 Å². The highest BCUT2D eigenvalue weighted by Gasteiger charge is 2.15. The molecule has 98 valence electrons. The number of fused-ring (bicyclic) bond motifs is 1. The quantitative estimate of drug-likeness (QED) is 0.737. The molecule has 0 spiro atoms. The Balaban J connectivity index is 2.45. The third-order valence-corrected chi connectivity index (χ3v) is 3.60. The summed E-state index contributed by atoms with van der Waals surface area (Å²) in [7, 11) is 0. The first-order valence-corrected chi connectivity index (χ1v) is 6.49. The first-order valence-electron chi connectivity index (χ1n) is 6.49. The minimum Gasteiger partial charge on any atom is -0.478 e. The van der Waals surface area contributed by atoms with Gasteiger partial charge in [-0.05, 0) is 40.5 Å². The molecule has 0 amide bonds. The molecular weight excluding hydrogens is 248 g/mol. The summed E-state index contributed by atoms with van der Waals surface area (Å²) in [6.07, 6.45) is 0. The monoisotopic (exact) mass is 262 g/mol. The van der Waals surface area contributed by atoms with Gasteiger partial charge in [-0.25, -0.2) is 4.79 Å². The van der Waals surface area contributed by atoms with E-state index in [4.69, 9.17) is 0 Å². The van der Waals surface area contributed by atoms with Crippen LogP contribution in [0.25, 0.3) is 21.9 Å². The third kappa shape index (κ3) is 1.95. The van der Waals surface area contributed by atoms with Crippen molar-refractivity contribution in [3.8, 4) is 11.1 Å². The van der Waals surface area contributed by atoms with Gasteiger partial charge in [-0.3, -0.25) is 0 Å². The second kappa shape index (κ2) is 4.82. The number of benzene rings is 3. The molecule has 0 aliphatic heterocycles. The molecule has 3 aromatic rings. The van der Waals surface area contributed by atoms with E-state index in [0.717, 1.165) is 27.5 Å². The van der Waals surface area contributed by atoms with Crippen molar-refractivity contribution in [2.75, 3.05) is 0 Å². The number of carboxylic acids is 1. The SMILES string of the molecule is Cc1c(C(=O)O)cc2ccccc2c1-c1ccccc1. The Morgan fingerprint density at radius 3 is 2.30 bits per heavy atom. The summed E-state index contributed by atoms with van der Waals surface area (Å²) in [4.78, 5) is 11.4. The molecule has 2 nitrogen and oxygen atoms in total. The maximum absolute atomic E-state index is 11.4. The molecule has 0 aliphatic rings. The topological polar surface area (TPSA) is 37.3 Å². The third-order valence-electron chi connectivity index (χ3n) is 3.60. The van der Waals surface area contributed by atoms with Crippen LogP contribution < -0.4 is 0 Å². The van der Waals surface area contributed by atoms with Crippen LogP contribution in [0.4, 0.5) is 0 Å². The minimum atomic E-state index is -0.884. The van der Waals surface area contributed by atoms with E-state index >= 15 is 0 Å². The Morgan fingerprint density at radius 1 is 0.950 bits per heavy atom. The van der Waals surface area contributed by atoms with Crippen LogP contribution in [0.3, 0.4) is 0 Å². The Kier molecular flexibility index (Phi) is 2.99. The standard InChI is InChI=1S/C18H14O2/c1-12-16(18(19)20)11-14-9-5-6-10-15(14)17(12)13-7-3-2-4-8-13/h2-11H,1H3,(H,19,20). The second-order valence-corrected chi connectivity index (χ2v) is 4.82. The molecule has 0 heterocycles. The van der Waals surface area contributed by atoms with Crippen LogP contribution in [0.15, 0.2) is 60.7 Å². The highest BCUT2D eigenvalue weighted by atomic mass is 16.4. The zero-order chi connectivity index (χ0) is 14.1. The molecule has 0 aliphatic carbocycles. The Hall–Kier alpha value is -2.61. The molecule has 3 rings (SSSR count). The molecule has 0 bridgehead atoms. The lowest BCUT2D eigenvalue weighted by Gasteiger charge is -2.13. The number of rotatable bonds is 2. The predicted octanol–water partition coefficient (Wildman–Crippen LogP) is 4.51. The van der Waals surface area contributed by atoms with Crippen molar-refractivity contribution in [2.45, 2.75) is 6.92 Å². The number of carboxylic acid groups (broad SMARTS) is 1. The highest BCUT2D eigenvalue weighted by Crippen LogP contribution is 2.34. The van der Waals surface area contributed by atoms with E-state index in [2.05, 4.69) is 0 Å². The summed E-state index contributed by atoms with van der Waals surface area (Å²) >= 11 is 0. The largest absolute Gasteiger partial charge is 0.478 e. The van der Waals surface area contributed by atoms with E-state index in [0.29, 0.717) is 5.56 Å². The van der Waals surface area contributed by atoms with Gasteiger partial charge in [0.05, 0.1) is 5.56 Å². The lowest BCUT2D eigenvalue weighted by molar-refractivity contribution is 0.0696. The summed E-state index contributed by atoms with van der Waals surface area (Å²) in [5.74, 6) is -0.884. The molecule has 3 aromatic carbocycles. The van der Waals surface area contributed by atoms with Crippen LogP contribution >= 0.6 is 0 Å². The molecule has 0 atom stereocenters. The highest BCUT2D eigenvalue weighted by molar-refractivity contribution is 6.05. The average Bonchev–Trinajstić information content (AvgIpc) is 2.47. The normalized spacial score (nSPS) is 10.7. The van der Waals surface area contributed by atoms with Crippen molar-refractivity contribution < 1.29 is 9.90 Å². The first-order chi connectivity index (χ1) is 9.68. The molecule has 0 saturated carbocycles. The van der Waals surface area contributed by atoms with Crippen molar-refractivity contribution in [3.05, 3.63) is 71.8 Å². The molecule has 2 heteroatoms. The fourth-order valence-electron chi connectivity index (χ4n) is 2.65. The van der Waals surface area contributed by atoms with Gasteiger partial charge in [0.2, 0.25) is 0 Å². The van der Waals surface area contributed by atoms with Gasteiger partial charge in [0.15, 0.2) is 0 Å². The summed E-state index contributed by atoms with van der Waals surface area (Å²) in [5.41, 5.74) is 3.22. The lowest BCUT2D eigenvalue weighted by Crippen LogP contribution is -2.02. The van der Waals surface area contributed by atoms with E-state index in [1.54, 1.807) is 6.07 Å². The van der Waals surface area contributed by atoms with Gasteiger partial charge in [0.1, 0.15) is 0 Å². The van der Waals surface area contributed by atoms with Gasteiger partial charge in [-0.15, -0.1) is 0 Å². The van der Waals surface area contributed by atoms with Crippen molar-refractivity contribution >= 4 is 16.7 Å². The van der Waals surface area contributed by atoms with Gasteiger partial charge >= 0.3 is 5.97 Å². The van der Waals surface area contributed by atoms with Crippen LogP contribution in [0, 0.1) is 6.92 Å². The molecule has 0 saturated heterocycles. The predicted molar refractivity (Wildman–Crippen MR) is 81.1 cm³/mol. The van der Waals surface area contributed by atoms with Gasteiger partial charge in [0, 0.05) is 0 Å². The van der Waals surface area contributed by atoms with Crippen LogP contribution in [-0.4, -0.2) is 11.1 Å². The number of hydrogen-bond acceptors (Lipinski definition) is 1. The van der Waals surface area contributed by atoms with E-state index in [1.807, 2.05) is 61.5 Å². The molecular formula is C18H14O2. The maximum Gasteiger partial charge on any atom is 0.335 e. The van der Waals surface area contributed by atoms with Gasteiger partial charge in [-0.1, -0.05) is 54.6 Å². The van der Waals surface area contributed by atoms with Crippen molar-refractivity contribution in [2.24, 2.45) is 0 Å². The first kappa shape index (κ1) is 12.4. The van der Waals surface area contributed by atoms with Gasteiger partial charge in [-0.2, -0.15) is 0 Å². The van der Waals surface area contributed by atoms with E-state index in [-0.39, 0.29) is 0 Å². The summed E-state index contributed by atoms with van der Waals surface area (Å²) < 4.78 is 0. The zero-order valence-corrected chi connectivity index (χ0v) is 11.1. The van der Waals surface area contributed by atoms with Gasteiger partial charge in [0.25, 0.3) is 0 Å². The van der Waals surface area contributed by atoms with Crippen molar-refractivity contribution in [3.63, 3.8) is 0 Å². The van der Waals surface area contributed by atoms with Crippen LogP contribution in [-0.2, 0) is 0 Å². The Labute approximate surface area is 117 Å². The van der Waals surface area contributed by atoms with Gasteiger partial charge < -0.3 is 5.11 Å². The second-order valence-electron chi connectivity index (χ2n) is 4.82. The smallest absolute Gasteiger partial charge is 0.335 e. The zero-order valence-electron chi connectivity index (χ0n) is 11.1.